The number of aromatic nitrogens is 2. The summed E-state index contributed by atoms with van der Waals surface area (Å²) in [5, 5.41) is 7.32. The van der Waals surface area contributed by atoms with Gasteiger partial charge in [-0.15, -0.1) is 11.3 Å². The van der Waals surface area contributed by atoms with Gasteiger partial charge in [0, 0.05) is 4.88 Å². The number of thiophene rings is 1. The lowest BCUT2D eigenvalue weighted by Crippen LogP contribution is -2.21. The first-order valence-corrected chi connectivity index (χ1v) is 10.0. The number of carbonyl (C=O) groups excluding carboxylic acids is 2. The first kappa shape index (κ1) is 18.4. The molecule has 2 aromatic heterocycles. The number of anilines is 1. The van der Waals surface area contributed by atoms with Crippen molar-refractivity contribution in [2.24, 2.45) is 0 Å². The molecule has 1 amide bonds. The van der Waals surface area contributed by atoms with Crippen LogP contribution in [-0.4, -0.2) is 28.3 Å². The summed E-state index contributed by atoms with van der Waals surface area (Å²) in [7, 11) is 0. The third-order valence-electron chi connectivity index (χ3n) is 4.84. The molecule has 0 saturated carbocycles. The highest BCUT2D eigenvalue weighted by molar-refractivity contribution is 7.14. The molecule has 0 bridgehead atoms. The number of hydrogen-bond donors (Lipinski definition) is 1. The molecule has 28 heavy (non-hydrogen) atoms. The lowest BCUT2D eigenvalue weighted by molar-refractivity contribution is -0.119. The highest BCUT2D eigenvalue weighted by Crippen LogP contribution is 2.31. The van der Waals surface area contributed by atoms with Gasteiger partial charge in [-0.1, -0.05) is 18.2 Å². The molecule has 0 atom stereocenters. The van der Waals surface area contributed by atoms with Crippen LogP contribution in [0.2, 0.25) is 0 Å². The van der Waals surface area contributed by atoms with E-state index in [-0.39, 0.29) is 12.5 Å². The average molecular weight is 395 g/mol. The molecule has 0 fully saturated rings. The molecule has 144 valence electrons. The van der Waals surface area contributed by atoms with Crippen molar-refractivity contribution < 1.29 is 14.3 Å². The Labute approximate surface area is 167 Å². The molecule has 7 heteroatoms. The van der Waals surface area contributed by atoms with E-state index in [2.05, 4.69) is 10.4 Å². The summed E-state index contributed by atoms with van der Waals surface area (Å²) in [5.74, 6) is -0.820. The molecule has 1 N–H and O–H groups in total. The fourth-order valence-electron chi connectivity index (χ4n) is 3.45. The molecule has 1 aliphatic carbocycles. The minimum Gasteiger partial charge on any atom is -0.451 e. The van der Waals surface area contributed by atoms with Crippen molar-refractivity contribution in [1.29, 1.82) is 0 Å². The molecular formula is C21H21N3O3S. The minimum atomic E-state index is -0.442. The maximum atomic E-state index is 12.3. The van der Waals surface area contributed by atoms with Gasteiger partial charge in [-0.3, -0.25) is 4.79 Å². The van der Waals surface area contributed by atoms with Crippen LogP contribution in [0.4, 0.5) is 5.69 Å². The quantitative estimate of drug-likeness (QED) is 0.666. The van der Waals surface area contributed by atoms with Gasteiger partial charge in [0.05, 0.1) is 22.8 Å². The Morgan fingerprint density at radius 3 is 2.75 bits per heavy atom. The molecule has 1 aliphatic rings. The molecule has 0 saturated heterocycles. The van der Waals surface area contributed by atoms with Gasteiger partial charge < -0.3 is 10.1 Å². The van der Waals surface area contributed by atoms with Crippen LogP contribution in [0.25, 0.3) is 5.69 Å². The van der Waals surface area contributed by atoms with Crippen molar-refractivity contribution in [2.75, 3.05) is 11.9 Å². The normalized spacial score (nSPS) is 12.6. The van der Waals surface area contributed by atoms with Crippen LogP contribution >= 0.6 is 11.3 Å². The molecule has 0 spiro atoms. The zero-order chi connectivity index (χ0) is 19.7. The Hall–Kier alpha value is -2.93. The van der Waals surface area contributed by atoms with E-state index in [9.17, 15) is 9.59 Å². The predicted molar refractivity (Wildman–Crippen MR) is 108 cm³/mol. The number of para-hydroxylation sites is 1. The second-order valence-corrected chi connectivity index (χ2v) is 7.97. The number of nitrogens with zero attached hydrogens (tertiary/aromatic N) is 2. The third kappa shape index (κ3) is 3.57. The zero-order valence-electron chi connectivity index (χ0n) is 15.8. The highest BCUT2D eigenvalue weighted by atomic mass is 32.1. The number of amides is 1. The van der Waals surface area contributed by atoms with E-state index in [0.717, 1.165) is 30.6 Å². The number of esters is 1. The van der Waals surface area contributed by atoms with E-state index >= 15 is 0 Å². The summed E-state index contributed by atoms with van der Waals surface area (Å²) >= 11 is 1.47. The lowest BCUT2D eigenvalue weighted by atomic mass is 10.2. The van der Waals surface area contributed by atoms with Crippen LogP contribution in [0, 0.1) is 13.8 Å². The number of carbonyl (C=O) groups is 2. The number of fused-ring (bicyclic) bond motifs is 1. The highest BCUT2D eigenvalue weighted by Gasteiger charge is 2.21. The van der Waals surface area contributed by atoms with Crippen molar-refractivity contribution in [3.8, 4) is 5.69 Å². The summed E-state index contributed by atoms with van der Waals surface area (Å²) in [5.41, 5.74) is 4.32. The van der Waals surface area contributed by atoms with Crippen molar-refractivity contribution in [3.63, 3.8) is 0 Å². The standard InChI is InChI=1S/C21H21N3O3S/c1-13-20(14(2)24(23-13)16-8-4-3-5-9-16)22-19(25)12-27-21(26)18-11-15-7-6-10-17(15)28-18/h3-5,8-9,11H,6-7,10,12H2,1-2H3,(H,22,25). The molecule has 0 unspecified atom stereocenters. The van der Waals surface area contributed by atoms with Crippen LogP contribution in [0.15, 0.2) is 36.4 Å². The summed E-state index contributed by atoms with van der Waals surface area (Å²) in [6, 6.07) is 11.6. The number of rotatable bonds is 5. The first-order chi connectivity index (χ1) is 13.5. The summed E-state index contributed by atoms with van der Waals surface area (Å²) < 4.78 is 6.98. The zero-order valence-corrected chi connectivity index (χ0v) is 16.6. The summed E-state index contributed by atoms with van der Waals surface area (Å²) in [6.07, 6.45) is 3.19. The number of nitrogens with one attached hydrogen (secondary N) is 1. The molecule has 1 aromatic carbocycles. The van der Waals surface area contributed by atoms with Gasteiger partial charge in [0.15, 0.2) is 6.61 Å². The van der Waals surface area contributed by atoms with Crippen molar-refractivity contribution in [2.45, 2.75) is 33.1 Å². The molecular weight excluding hydrogens is 374 g/mol. The fraction of sp³-hybridized carbons (Fsp3) is 0.286. The van der Waals surface area contributed by atoms with Gasteiger partial charge in [-0.05, 0) is 56.9 Å². The van der Waals surface area contributed by atoms with Crippen molar-refractivity contribution in [1.82, 2.24) is 9.78 Å². The van der Waals surface area contributed by atoms with Crippen LogP contribution < -0.4 is 5.32 Å². The molecule has 3 aromatic rings. The largest absolute Gasteiger partial charge is 0.451 e. The maximum absolute atomic E-state index is 12.3. The Balaban J connectivity index is 1.40. The Morgan fingerprint density at radius 1 is 1.21 bits per heavy atom. The molecule has 0 radical (unpaired) electrons. The molecule has 2 heterocycles. The van der Waals surface area contributed by atoms with Crippen LogP contribution in [-0.2, 0) is 22.4 Å². The lowest BCUT2D eigenvalue weighted by Gasteiger charge is -2.07. The number of ether oxygens (including phenoxy) is 1. The van der Waals surface area contributed by atoms with Crippen LogP contribution in [0.1, 0.15) is 37.9 Å². The molecule has 6 nitrogen and oxygen atoms in total. The number of aryl methyl sites for hydroxylation is 3. The van der Waals surface area contributed by atoms with Crippen LogP contribution in [0.3, 0.4) is 0 Å². The fourth-order valence-corrected chi connectivity index (χ4v) is 4.60. The summed E-state index contributed by atoms with van der Waals surface area (Å²) in [6.45, 7) is 3.40. The number of benzene rings is 1. The molecule has 4 rings (SSSR count). The summed E-state index contributed by atoms with van der Waals surface area (Å²) in [4.78, 5) is 26.4. The van der Waals surface area contributed by atoms with Crippen molar-refractivity contribution >= 4 is 28.9 Å². The Morgan fingerprint density at radius 2 is 2.00 bits per heavy atom. The van der Waals surface area contributed by atoms with E-state index < -0.39 is 5.97 Å². The predicted octanol–water partition coefficient (Wildman–Crippen LogP) is 3.83. The van der Waals surface area contributed by atoms with Gasteiger partial charge in [0.25, 0.3) is 5.91 Å². The van der Waals surface area contributed by atoms with Gasteiger partial charge in [-0.2, -0.15) is 5.10 Å². The molecule has 0 aliphatic heterocycles. The third-order valence-corrected chi connectivity index (χ3v) is 6.06. The number of hydrogen-bond acceptors (Lipinski definition) is 5. The smallest absolute Gasteiger partial charge is 0.348 e. The SMILES string of the molecule is Cc1nn(-c2ccccc2)c(C)c1NC(=O)COC(=O)c1cc2c(s1)CCC2. The second-order valence-electron chi connectivity index (χ2n) is 6.83. The average Bonchev–Trinajstić information content (AvgIpc) is 3.37. The van der Waals surface area contributed by atoms with Gasteiger partial charge >= 0.3 is 5.97 Å². The topological polar surface area (TPSA) is 73.2 Å². The van der Waals surface area contributed by atoms with E-state index in [1.807, 2.05) is 50.2 Å². The monoisotopic (exact) mass is 395 g/mol. The van der Waals surface area contributed by atoms with Gasteiger partial charge in [0.2, 0.25) is 0 Å². The van der Waals surface area contributed by atoms with Crippen molar-refractivity contribution in [3.05, 3.63) is 63.1 Å². The first-order valence-electron chi connectivity index (χ1n) is 9.23. The second kappa shape index (κ2) is 7.59. The van der Waals surface area contributed by atoms with E-state index in [1.165, 1.54) is 21.8 Å². The Kier molecular flexibility index (Phi) is 5.00. The van der Waals surface area contributed by atoms with Gasteiger partial charge in [-0.25, -0.2) is 9.48 Å². The van der Waals surface area contributed by atoms with Gasteiger partial charge in [0.1, 0.15) is 4.88 Å². The van der Waals surface area contributed by atoms with Crippen LogP contribution in [0.5, 0.6) is 0 Å². The minimum absolute atomic E-state index is 0.323. The van der Waals surface area contributed by atoms with E-state index in [4.69, 9.17) is 4.74 Å². The Bertz CT molecular complexity index is 1020. The maximum Gasteiger partial charge on any atom is 0.348 e. The van der Waals surface area contributed by atoms with E-state index in [1.54, 1.807) is 4.68 Å². The van der Waals surface area contributed by atoms with E-state index in [0.29, 0.717) is 16.3 Å².